The van der Waals surface area contributed by atoms with E-state index in [9.17, 15) is 4.79 Å². The molecule has 7 rings (SSSR count). The highest BCUT2D eigenvalue weighted by Crippen LogP contribution is 2.57. The molecule has 2 heterocycles. The molecule has 0 saturated heterocycles. The number of allylic oxidation sites excluding steroid dienone is 1. The van der Waals surface area contributed by atoms with Crippen LogP contribution in [0.4, 0.5) is 0 Å². The molecule has 220 valence electrons. The van der Waals surface area contributed by atoms with Crippen LogP contribution in [0.5, 0.6) is 5.88 Å². The number of ketones is 1. The van der Waals surface area contributed by atoms with E-state index in [1.165, 1.54) is 25.7 Å². The Balaban J connectivity index is 1.30. The second-order valence-electron chi connectivity index (χ2n) is 12.3. The fraction of sp³-hybridized carbons (Fsp3) is 0.256. The molecule has 2 aliphatic carbocycles. The second kappa shape index (κ2) is 11.7. The van der Waals surface area contributed by atoms with Crippen molar-refractivity contribution in [2.75, 3.05) is 7.11 Å². The van der Waals surface area contributed by atoms with E-state index in [4.69, 9.17) is 14.7 Å². The van der Waals surface area contributed by atoms with Crippen LogP contribution in [-0.2, 0) is 10.3 Å². The van der Waals surface area contributed by atoms with Crippen molar-refractivity contribution >= 4 is 11.9 Å². The van der Waals surface area contributed by atoms with Gasteiger partial charge in [-0.3, -0.25) is 4.79 Å². The highest BCUT2D eigenvalue weighted by molar-refractivity contribution is 5.96. The molecule has 3 aromatic carbocycles. The Kier molecular flexibility index (Phi) is 7.47. The number of carbonyl (C=O) groups is 1. The third kappa shape index (κ3) is 5.17. The largest absolute Gasteiger partial charge is 0.481 e. The van der Waals surface area contributed by atoms with Crippen LogP contribution in [0.15, 0.2) is 122 Å². The minimum absolute atomic E-state index is 0.106. The van der Waals surface area contributed by atoms with Crippen molar-refractivity contribution in [2.24, 2.45) is 11.3 Å². The number of carbonyl (C=O) groups excluding carboxylic acids is 1. The van der Waals surface area contributed by atoms with Crippen LogP contribution in [0, 0.1) is 11.3 Å². The summed E-state index contributed by atoms with van der Waals surface area (Å²) in [5.41, 5.74) is 5.56. The molecule has 44 heavy (non-hydrogen) atoms. The van der Waals surface area contributed by atoms with Crippen LogP contribution in [-0.4, -0.2) is 27.4 Å². The fourth-order valence-electron chi connectivity index (χ4n) is 7.03. The van der Waals surface area contributed by atoms with Gasteiger partial charge < -0.3 is 9.30 Å². The minimum atomic E-state index is -0.666. The van der Waals surface area contributed by atoms with E-state index < -0.39 is 5.54 Å². The van der Waals surface area contributed by atoms with E-state index in [-0.39, 0.29) is 11.7 Å². The van der Waals surface area contributed by atoms with E-state index in [1.54, 1.807) is 13.2 Å². The van der Waals surface area contributed by atoms with Crippen LogP contribution >= 0.6 is 0 Å². The van der Waals surface area contributed by atoms with E-state index in [1.807, 2.05) is 42.7 Å². The van der Waals surface area contributed by atoms with E-state index in [0.717, 1.165) is 40.8 Å². The first kappa shape index (κ1) is 28.0. The molecule has 0 radical (unpaired) electrons. The molecule has 1 spiro atoms. The van der Waals surface area contributed by atoms with Gasteiger partial charge in [-0.15, -0.1) is 0 Å². The maximum Gasteiger partial charge on any atom is 0.213 e. The molecule has 2 fully saturated rings. The molecule has 0 amide bonds. The number of hydrogen-bond donors (Lipinski definition) is 0. The highest BCUT2D eigenvalue weighted by atomic mass is 16.5. The third-order valence-corrected chi connectivity index (χ3v) is 9.74. The summed E-state index contributed by atoms with van der Waals surface area (Å²) in [7, 11) is 1.61. The van der Waals surface area contributed by atoms with Gasteiger partial charge in [0, 0.05) is 23.7 Å². The lowest BCUT2D eigenvalue weighted by molar-refractivity contribution is -0.119. The number of rotatable bonds is 9. The highest BCUT2D eigenvalue weighted by Gasteiger charge is 2.45. The minimum Gasteiger partial charge on any atom is -0.481 e. The Morgan fingerprint density at radius 2 is 1.39 bits per heavy atom. The molecular formula is C39H37N3O2. The predicted molar refractivity (Wildman–Crippen MR) is 174 cm³/mol. The number of ether oxygens (including phenoxy) is 1. The molecule has 0 atom stereocenters. The summed E-state index contributed by atoms with van der Waals surface area (Å²) >= 11 is 0. The maximum absolute atomic E-state index is 13.2. The molecule has 0 unspecified atom stereocenters. The van der Waals surface area contributed by atoms with Gasteiger partial charge >= 0.3 is 0 Å². The predicted octanol–water partition coefficient (Wildman–Crippen LogP) is 8.35. The third-order valence-electron chi connectivity index (χ3n) is 9.74. The van der Waals surface area contributed by atoms with E-state index >= 15 is 0 Å². The number of imidazole rings is 1. The number of pyridine rings is 1. The van der Waals surface area contributed by atoms with Gasteiger partial charge in [-0.05, 0) is 78.8 Å². The van der Waals surface area contributed by atoms with Gasteiger partial charge in [0.2, 0.25) is 5.88 Å². The lowest BCUT2D eigenvalue weighted by Gasteiger charge is -2.37. The Hall–Kier alpha value is -4.77. The van der Waals surface area contributed by atoms with Crippen LogP contribution in [0.3, 0.4) is 0 Å². The first-order valence-corrected chi connectivity index (χ1v) is 15.6. The van der Waals surface area contributed by atoms with Gasteiger partial charge in [0.15, 0.2) is 5.78 Å². The van der Waals surface area contributed by atoms with Gasteiger partial charge in [0.25, 0.3) is 0 Å². The van der Waals surface area contributed by atoms with Crippen LogP contribution in [0.25, 0.3) is 17.3 Å². The summed E-state index contributed by atoms with van der Waals surface area (Å²) in [5, 5.41) is 0. The average Bonchev–Trinajstić information content (AvgIpc) is 3.66. The molecule has 5 heteroatoms. The van der Waals surface area contributed by atoms with Gasteiger partial charge in [0.05, 0.1) is 24.8 Å². The van der Waals surface area contributed by atoms with Gasteiger partial charge in [0.1, 0.15) is 5.54 Å². The molecule has 0 aliphatic heterocycles. The number of nitrogens with zero attached hydrogens (tertiary/aromatic N) is 3. The quantitative estimate of drug-likeness (QED) is 0.130. The normalized spacial score (nSPS) is 16.3. The van der Waals surface area contributed by atoms with Crippen LogP contribution in [0.2, 0.25) is 0 Å². The van der Waals surface area contributed by atoms with Crippen molar-refractivity contribution in [3.05, 3.63) is 144 Å². The molecule has 2 aliphatic rings. The molecule has 0 bridgehead atoms. The van der Waals surface area contributed by atoms with Gasteiger partial charge in [-0.2, -0.15) is 0 Å². The van der Waals surface area contributed by atoms with Crippen LogP contribution in [0.1, 0.15) is 60.9 Å². The Morgan fingerprint density at radius 1 is 0.818 bits per heavy atom. The number of aromatic nitrogens is 3. The van der Waals surface area contributed by atoms with E-state index in [2.05, 4.69) is 83.6 Å². The Morgan fingerprint density at radius 3 is 1.91 bits per heavy atom. The monoisotopic (exact) mass is 579 g/mol. The number of hydrogen-bond acceptors (Lipinski definition) is 4. The summed E-state index contributed by atoms with van der Waals surface area (Å²) in [6, 6.07) is 35.5. The summed E-state index contributed by atoms with van der Waals surface area (Å²) < 4.78 is 7.67. The Bertz CT molecular complexity index is 1670. The summed E-state index contributed by atoms with van der Waals surface area (Å²) in [6.07, 6.45) is 14.6. The topological polar surface area (TPSA) is 57.0 Å². The standard InChI is InChI=1S/C39H37N3O2/c1-44-37-20-17-33(34(41-37)18-19-36(43)29-21-23-38(24-22-29)25-26-38)35-27-42(28-40-35)39(30-11-5-2-6-12-30,31-13-7-3-8-14-31)32-15-9-4-10-16-32/h2-20,27-29H,21-26H2,1H3/b19-18+. The van der Waals surface area contributed by atoms with Crippen LogP contribution < -0.4 is 4.74 Å². The van der Waals surface area contributed by atoms with Gasteiger partial charge in [-0.25, -0.2) is 9.97 Å². The molecule has 5 aromatic rings. The summed E-state index contributed by atoms with van der Waals surface area (Å²) in [4.78, 5) is 22.9. The van der Waals surface area contributed by atoms with Crippen molar-refractivity contribution in [1.29, 1.82) is 0 Å². The zero-order valence-corrected chi connectivity index (χ0v) is 25.1. The van der Waals surface area contributed by atoms with E-state index in [0.29, 0.717) is 17.0 Å². The lowest BCUT2D eigenvalue weighted by atomic mass is 9.77. The summed E-state index contributed by atoms with van der Waals surface area (Å²) in [5.74, 6) is 0.799. The van der Waals surface area contributed by atoms with Gasteiger partial charge in [-0.1, -0.05) is 91.0 Å². The number of benzene rings is 3. The second-order valence-corrected chi connectivity index (χ2v) is 12.3. The average molecular weight is 580 g/mol. The lowest BCUT2D eigenvalue weighted by Crippen LogP contribution is -2.36. The van der Waals surface area contributed by atoms with Crippen molar-refractivity contribution in [2.45, 2.75) is 44.1 Å². The smallest absolute Gasteiger partial charge is 0.213 e. The molecule has 2 aromatic heterocycles. The maximum atomic E-state index is 13.2. The van der Waals surface area contributed by atoms with Crippen molar-refractivity contribution < 1.29 is 9.53 Å². The number of methoxy groups -OCH3 is 1. The Labute approximate surface area is 259 Å². The molecule has 2 saturated carbocycles. The molecule has 5 nitrogen and oxygen atoms in total. The SMILES string of the molecule is COc1ccc(-c2cn(C(c3ccccc3)(c3ccccc3)c3ccccc3)cn2)c(/C=C/C(=O)C2CCC3(CC2)CC3)n1. The van der Waals surface area contributed by atoms with Crippen molar-refractivity contribution in [3.63, 3.8) is 0 Å². The zero-order valence-electron chi connectivity index (χ0n) is 25.1. The van der Waals surface area contributed by atoms with Crippen molar-refractivity contribution in [1.82, 2.24) is 14.5 Å². The summed E-state index contributed by atoms with van der Waals surface area (Å²) in [6.45, 7) is 0. The zero-order chi connectivity index (χ0) is 30.0. The molecule has 0 N–H and O–H groups in total. The molecular weight excluding hydrogens is 542 g/mol. The first-order valence-electron chi connectivity index (χ1n) is 15.6. The van der Waals surface area contributed by atoms with Crippen molar-refractivity contribution in [3.8, 4) is 17.1 Å². The first-order chi connectivity index (χ1) is 21.6. The fourth-order valence-corrected chi connectivity index (χ4v) is 7.03.